The standard InChI is InChI=1S/C30H26Cl2N4O4.C30H27ClN4O4/c1-39-25-9-24(29(37)38)34-23-7-5-18(8-20(23)25)36-14-30(15-36)10-16(11-30)2-6-19-27(35-40-28(19)17-3-4-17)26-21(31)12-33-13-22(26)32;1-38-26-11-25(29(36)37)33-24-7-5-19(10-22(24)26)35-15-30(16-35)12-17(13-30)2-6-21-27(20-8-9-32-14-23(20)31)34-39-28(21)18-3-4-18/h2,5-9,12-13,16-17H,3-4,10-11,14-15H2,1H3,(H,37,38);2,5-11,14,17-18H,3-4,12-13,15-16H2,1H3,(H,36,37)/b2*6-2+. The van der Waals surface area contributed by atoms with E-state index in [1.54, 1.807) is 39.0 Å². The van der Waals surface area contributed by atoms with Crippen LogP contribution in [-0.4, -0.2) is 92.8 Å². The Labute approximate surface area is 469 Å². The summed E-state index contributed by atoms with van der Waals surface area (Å²) in [5.41, 5.74) is 9.03. The molecule has 0 bridgehead atoms. The van der Waals surface area contributed by atoms with E-state index in [0.29, 0.717) is 83.4 Å². The first-order valence-electron chi connectivity index (χ1n) is 26.5. The maximum absolute atomic E-state index is 11.4. The minimum Gasteiger partial charge on any atom is -0.496 e. The molecule has 0 atom stereocenters. The lowest BCUT2D eigenvalue weighted by atomic mass is 9.57. The second-order valence-electron chi connectivity index (χ2n) is 22.2. The lowest BCUT2D eigenvalue weighted by molar-refractivity contribution is 0.0485. The summed E-state index contributed by atoms with van der Waals surface area (Å²) in [6, 6.07) is 16.7. The van der Waals surface area contributed by atoms with Gasteiger partial charge in [-0.05, 0) is 106 Å². The number of hydrogen-bond donors (Lipinski definition) is 2. The highest BCUT2D eigenvalue weighted by Crippen LogP contribution is 2.56. The van der Waals surface area contributed by atoms with Gasteiger partial charge in [-0.1, -0.05) is 69.4 Å². The molecule has 8 heterocycles. The summed E-state index contributed by atoms with van der Waals surface area (Å²) in [4.78, 5) is 44.2. The van der Waals surface area contributed by atoms with Crippen molar-refractivity contribution in [3.05, 3.63) is 141 Å². The summed E-state index contributed by atoms with van der Waals surface area (Å²) in [5.74, 6) is 2.63. The van der Waals surface area contributed by atoms with E-state index in [4.69, 9.17) is 53.3 Å². The van der Waals surface area contributed by atoms with Gasteiger partial charge in [-0.2, -0.15) is 0 Å². The predicted octanol–water partition coefficient (Wildman–Crippen LogP) is 13.6. The minimum atomic E-state index is -1.07. The van der Waals surface area contributed by atoms with Gasteiger partial charge in [0.1, 0.15) is 34.4 Å². The predicted molar refractivity (Wildman–Crippen MR) is 302 cm³/mol. The van der Waals surface area contributed by atoms with Crippen molar-refractivity contribution in [1.29, 1.82) is 0 Å². The van der Waals surface area contributed by atoms with Crippen molar-refractivity contribution in [2.24, 2.45) is 22.7 Å². The van der Waals surface area contributed by atoms with E-state index in [1.165, 1.54) is 12.1 Å². The van der Waals surface area contributed by atoms with Gasteiger partial charge >= 0.3 is 11.9 Å². The van der Waals surface area contributed by atoms with Crippen LogP contribution >= 0.6 is 34.8 Å². The molecule has 19 heteroatoms. The third kappa shape index (κ3) is 9.60. The summed E-state index contributed by atoms with van der Waals surface area (Å²) in [7, 11) is 3.10. The van der Waals surface area contributed by atoms with Gasteiger partial charge in [-0.25, -0.2) is 19.6 Å². The summed E-state index contributed by atoms with van der Waals surface area (Å²) >= 11 is 19.3. The first kappa shape index (κ1) is 50.9. The molecule has 0 unspecified atom stereocenters. The van der Waals surface area contributed by atoms with Crippen LogP contribution in [0.3, 0.4) is 0 Å². The number of ether oxygens (including phenoxy) is 2. The zero-order valence-electron chi connectivity index (χ0n) is 43.2. The number of nitrogens with zero attached hydrogens (tertiary/aromatic N) is 8. The van der Waals surface area contributed by atoms with Crippen LogP contribution in [0.15, 0.2) is 101 Å². The van der Waals surface area contributed by atoms with Crippen LogP contribution in [0.4, 0.5) is 11.4 Å². The molecule has 0 amide bonds. The summed E-state index contributed by atoms with van der Waals surface area (Å²) in [6.07, 6.45) is 24.5. The van der Waals surface area contributed by atoms with Crippen molar-refractivity contribution in [2.75, 3.05) is 50.2 Å². The van der Waals surface area contributed by atoms with Crippen molar-refractivity contribution >= 4 is 92.1 Å². The Morgan fingerprint density at radius 3 is 1.52 bits per heavy atom. The van der Waals surface area contributed by atoms with Gasteiger partial charge in [0.2, 0.25) is 0 Å². The fraction of sp³-hybridized carbons (Fsp3) is 0.333. The summed E-state index contributed by atoms with van der Waals surface area (Å²) in [6.45, 7) is 3.98. The Hall–Kier alpha value is -7.53. The topological polar surface area (TPSA) is 203 Å². The third-order valence-electron chi connectivity index (χ3n) is 16.6. The third-order valence-corrected chi connectivity index (χ3v) is 17.5. The first-order valence-corrected chi connectivity index (χ1v) is 27.6. The number of benzene rings is 2. The highest BCUT2D eigenvalue weighted by Gasteiger charge is 2.53. The molecule has 16 nitrogen and oxygen atoms in total. The van der Waals surface area contributed by atoms with E-state index in [1.807, 2.05) is 42.5 Å². The fourth-order valence-corrected chi connectivity index (χ4v) is 13.1. The number of aromatic carboxylic acids is 2. The molecule has 4 aliphatic carbocycles. The molecule has 402 valence electrons. The fourth-order valence-electron chi connectivity index (χ4n) is 12.4. The van der Waals surface area contributed by atoms with Crippen molar-refractivity contribution in [3.63, 3.8) is 0 Å². The number of allylic oxidation sites excluding steroid dienone is 2. The zero-order chi connectivity index (χ0) is 54.3. The molecule has 2 saturated heterocycles. The molecule has 6 aromatic heterocycles. The van der Waals surface area contributed by atoms with Crippen LogP contribution in [0.25, 0.3) is 56.5 Å². The average molecular weight is 1120 g/mol. The highest BCUT2D eigenvalue weighted by molar-refractivity contribution is 6.39. The molecule has 2 aromatic carbocycles. The number of fused-ring (bicyclic) bond motifs is 2. The van der Waals surface area contributed by atoms with Crippen LogP contribution in [-0.2, 0) is 0 Å². The molecule has 4 saturated carbocycles. The zero-order valence-corrected chi connectivity index (χ0v) is 45.4. The summed E-state index contributed by atoms with van der Waals surface area (Å²) < 4.78 is 22.5. The van der Waals surface area contributed by atoms with Crippen molar-refractivity contribution in [2.45, 2.75) is 63.2 Å². The largest absolute Gasteiger partial charge is 0.496 e. The van der Waals surface area contributed by atoms with Gasteiger partial charge in [0.15, 0.2) is 11.4 Å². The number of hydrogen-bond acceptors (Lipinski definition) is 14. The monoisotopic (exact) mass is 1120 g/mol. The van der Waals surface area contributed by atoms with E-state index in [-0.39, 0.29) is 11.4 Å². The van der Waals surface area contributed by atoms with Gasteiger partial charge in [0.25, 0.3) is 0 Å². The van der Waals surface area contributed by atoms with Gasteiger partial charge in [-0.3, -0.25) is 9.97 Å². The lowest BCUT2D eigenvalue weighted by Crippen LogP contribution is -2.62. The Kier molecular flexibility index (Phi) is 12.9. The van der Waals surface area contributed by atoms with Crippen molar-refractivity contribution in [3.8, 4) is 34.0 Å². The molecule has 6 fully saturated rings. The quantitative estimate of drug-likeness (QED) is 0.104. The molecule has 8 aromatic rings. The Morgan fingerprint density at radius 1 is 0.620 bits per heavy atom. The Morgan fingerprint density at radius 2 is 1.08 bits per heavy atom. The first-order chi connectivity index (χ1) is 38.3. The molecular weight excluding hydrogens is 1070 g/mol. The van der Waals surface area contributed by atoms with E-state index < -0.39 is 11.9 Å². The number of methoxy groups -OCH3 is 2. The molecule has 14 rings (SSSR count). The van der Waals surface area contributed by atoms with E-state index in [2.05, 4.69) is 64.4 Å². The Bertz CT molecular complexity index is 3780. The number of pyridine rings is 4. The number of carboxylic acids is 2. The lowest BCUT2D eigenvalue weighted by Gasteiger charge is -2.59. The molecular formula is C60H53Cl3N8O8. The van der Waals surface area contributed by atoms with Crippen LogP contribution in [0.1, 0.15) is 107 Å². The van der Waals surface area contributed by atoms with E-state index in [9.17, 15) is 19.8 Å². The van der Waals surface area contributed by atoms with Gasteiger partial charge in [0.05, 0.1) is 40.3 Å². The Balaban J connectivity index is 0.000000150. The van der Waals surface area contributed by atoms with Crippen molar-refractivity contribution in [1.82, 2.24) is 30.2 Å². The SMILES string of the molecule is COc1cc(C(=O)O)nc2ccc(N3CC4(CC(/C=C/c5c(-c6c(Cl)cncc6Cl)noc5C5CC5)C4)C3)cc12.COc1cc(C(=O)O)nc2ccc(N3CC4(CC(/C=C/c5c(-c6ccncc6Cl)noc5C5CC5)C4)C3)cc12. The number of rotatable bonds is 14. The van der Waals surface area contributed by atoms with Crippen LogP contribution in [0, 0.1) is 22.7 Å². The van der Waals surface area contributed by atoms with Crippen LogP contribution in [0.5, 0.6) is 11.5 Å². The van der Waals surface area contributed by atoms with Crippen LogP contribution < -0.4 is 19.3 Å². The second-order valence-corrected chi connectivity index (χ2v) is 23.4. The molecule has 79 heavy (non-hydrogen) atoms. The summed E-state index contributed by atoms with van der Waals surface area (Å²) in [5, 5.41) is 30.5. The van der Waals surface area contributed by atoms with E-state index >= 15 is 0 Å². The number of carbonyl (C=O) groups is 2. The molecule has 0 radical (unpaired) electrons. The molecule has 2 N–H and O–H groups in total. The smallest absolute Gasteiger partial charge is 0.354 e. The van der Waals surface area contributed by atoms with Crippen molar-refractivity contribution < 1.29 is 38.3 Å². The number of carboxylic acid groups (broad SMARTS) is 2. The average Bonchev–Trinajstić information content (AvgIpc) is 4.51. The maximum Gasteiger partial charge on any atom is 0.354 e. The normalized spacial score (nSPS) is 18.4. The van der Waals surface area contributed by atoms with Gasteiger partial charge in [0, 0.05) is 130 Å². The number of anilines is 2. The molecule has 6 aliphatic rings. The number of halogens is 3. The molecule has 2 aliphatic heterocycles. The second kappa shape index (κ2) is 20.0. The minimum absolute atomic E-state index is 0.0185. The number of aromatic nitrogens is 6. The maximum atomic E-state index is 11.4. The van der Waals surface area contributed by atoms with Crippen LogP contribution in [0.2, 0.25) is 15.1 Å². The molecule has 2 spiro atoms. The van der Waals surface area contributed by atoms with Gasteiger partial charge < -0.3 is 38.5 Å². The van der Waals surface area contributed by atoms with Gasteiger partial charge in [-0.15, -0.1) is 0 Å². The van der Waals surface area contributed by atoms with E-state index in [0.717, 1.165) is 134 Å². The highest BCUT2D eigenvalue weighted by atomic mass is 35.5.